The van der Waals surface area contributed by atoms with E-state index < -0.39 is 0 Å². The fraction of sp³-hybridized carbons (Fsp3) is 0.389. The van der Waals surface area contributed by atoms with Crippen molar-refractivity contribution in [3.63, 3.8) is 0 Å². The molecule has 4 heterocycles. The van der Waals surface area contributed by atoms with E-state index in [1.165, 1.54) is 0 Å². The average molecular weight is 339 g/mol. The number of rotatable bonds is 5. The molecule has 2 N–H and O–H groups in total. The van der Waals surface area contributed by atoms with E-state index in [9.17, 15) is 0 Å². The lowest BCUT2D eigenvalue weighted by molar-refractivity contribution is 0.365. The first kappa shape index (κ1) is 15.8. The van der Waals surface area contributed by atoms with E-state index >= 15 is 0 Å². The highest BCUT2D eigenvalue weighted by Crippen LogP contribution is 2.25. The third kappa shape index (κ3) is 3.71. The van der Waals surface area contributed by atoms with E-state index in [0.717, 1.165) is 54.7 Å². The van der Waals surface area contributed by atoms with Crippen LogP contribution in [-0.2, 0) is 6.54 Å². The number of anilines is 1. The summed E-state index contributed by atoms with van der Waals surface area (Å²) in [5, 5.41) is 10.9. The summed E-state index contributed by atoms with van der Waals surface area (Å²) in [4.78, 5) is 8.83. The molecule has 1 aliphatic heterocycles. The van der Waals surface area contributed by atoms with Crippen LogP contribution < -0.4 is 10.6 Å². The summed E-state index contributed by atoms with van der Waals surface area (Å²) >= 11 is 0. The second kappa shape index (κ2) is 7.06. The lowest BCUT2D eigenvalue weighted by atomic mass is 9.95. The number of hydrogen-bond acceptors (Lipinski definition) is 7. The number of furan rings is 1. The molecule has 1 aliphatic rings. The fourth-order valence-electron chi connectivity index (χ4n) is 3.11. The third-order valence-electron chi connectivity index (χ3n) is 4.39. The van der Waals surface area contributed by atoms with E-state index in [4.69, 9.17) is 8.94 Å². The largest absolute Gasteiger partial charge is 0.463 e. The number of piperidine rings is 1. The summed E-state index contributed by atoms with van der Waals surface area (Å²) in [7, 11) is 0. The normalized spacial score (nSPS) is 15.4. The van der Waals surface area contributed by atoms with Crippen LogP contribution in [0.3, 0.4) is 0 Å². The van der Waals surface area contributed by atoms with Gasteiger partial charge in [0.05, 0.1) is 18.5 Å². The first-order chi connectivity index (χ1) is 12.3. The van der Waals surface area contributed by atoms with Gasteiger partial charge in [0.2, 0.25) is 0 Å². The third-order valence-corrected chi connectivity index (χ3v) is 4.39. The van der Waals surface area contributed by atoms with Crippen molar-refractivity contribution in [2.45, 2.75) is 32.2 Å². The van der Waals surface area contributed by atoms with E-state index in [-0.39, 0.29) is 0 Å². The smallest absolute Gasteiger partial charge is 0.156 e. The fourth-order valence-corrected chi connectivity index (χ4v) is 3.11. The molecule has 0 radical (unpaired) electrons. The zero-order valence-electron chi connectivity index (χ0n) is 14.2. The van der Waals surface area contributed by atoms with Crippen LogP contribution in [0.1, 0.15) is 36.0 Å². The van der Waals surface area contributed by atoms with E-state index in [0.29, 0.717) is 18.3 Å². The Bertz CT molecular complexity index is 822. The van der Waals surface area contributed by atoms with Crippen LogP contribution in [0.2, 0.25) is 0 Å². The van der Waals surface area contributed by atoms with Gasteiger partial charge in [-0.25, -0.2) is 9.97 Å². The maximum atomic E-state index is 5.48. The minimum absolute atomic E-state index is 0.491. The van der Waals surface area contributed by atoms with Crippen LogP contribution >= 0.6 is 0 Å². The molecular formula is C18H21N5O2. The molecule has 0 bridgehead atoms. The number of nitrogens with one attached hydrogen (secondary N) is 2. The summed E-state index contributed by atoms with van der Waals surface area (Å²) in [6.45, 7) is 4.48. The van der Waals surface area contributed by atoms with Crippen LogP contribution in [-0.4, -0.2) is 28.2 Å². The molecule has 7 nitrogen and oxygen atoms in total. The Hall–Kier alpha value is -2.67. The zero-order valence-corrected chi connectivity index (χ0v) is 14.2. The maximum Gasteiger partial charge on any atom is 0.156 e. The van der Waals surface area contributed by atoms with Crippen molar-refractivity contribution in [3.05, 3.63) is 47.8 Å². The van der Waals surface area contributed by atoms with E-state index in [1.807, 2.05) is 31.2 Å². The zero-order chi connectivity index (χ0) is 17.1. The van der Waals surface area contributed by atoms with Gasteiger partial charge in [-0.05, 0) is 45.0 Å². The summed E-state index contributed by atoms with van der Waals surface area (Å²) in [5.41, 5.74) is 1.81. The summed E-state index contributed by atoms with van der Waals surface area (Å²) < 4.78 is 10.9. The highest BCUT2D eigenvalue weighted by Gasteiger charge is 2.19. The molecule has 0 atom stereocenters. The predicted octanol–water partition coefficient (Wildman–Crippen LogP) is 3.11. The molecule has 130 valence electrons. The second-order valence-corrected chi connectivity index (χ2v) is 6.26. The molecule has 25 heavy (non-hydrogen) atoms. The van der Waals surface area contributed by atoms with Gasteiger partial charge in [0, 0.05) is 18.1 Å². The summed E-state index contributed by atoms with van der Waals surface area (Å²) in [6.07, 6.45) is 3.85. The Balaban J connectivity index is 1.44. The molecule has 4 rings (SSSR count). The SMILES string of the molecule is Cc1nc(NCc2cc(C3CCNCC3)no2)cc(-c2ccco2)n1. The summed E-state index contributed by atoms with van der Waals surface area (Å²) in [6, 6.07) is 7.64. The van der Waals surface area contributed by atoms with Gasteiger partial charge in [0.25, 0.3) is 0 Å². The Kier molecular flexibility index (Phi) is 4.47. The number of nitrogens with zero attached hydrogens (tertiary/aromatic N) is 3. The van der Waals surface area contributed by atoms with Crippen molar-refractivity contribution in [1.82, 2.24) is 20.4 Å². The molecular weight excluding hydrogens is 318 g/mol. The molecule has 0 amide bonds. The highest BCUT2D eigenvalue weighted by atomic mass is 16.5. The number of hydrogen-bond donors (Lipinski definition) is 2. The van der Waals surface area contributed by atoms with Crippen molar-refractivity contribution in [1.29, 1.82) is 0 Å². The molecule has 1 saturated heterocycles. The quantitative estimate of drug-likeness (QED) is 0.738. The van der Waals surface area contributed by atoms with E-state index in [1.54, 1.807) is 6.26 Å². The monoisotopic (exact) mass is 339 g/mol. The molecule has 0 spiro atoms. The Morgan fingerprint density at radius 2 is 2.12 bits per heavy atom. The van der Waals surface area contributed by atoms with Crippen molar-refractivity contribution in [2.75, 3.05) is 18.4 Å². The van der Waals surface area contributed by atoms with Crippen LogP contribution in [0, 0.1) is 6.92 Å². The highest BCUT2D eigenvalue weighted by molar-refractivity contribution is 5.56. The molecule has 3 aromatic rings. The lowest BCUT2D eigenvalue weighted by Crippen LogP contribution is -2.26. The Labute approximate surface area is 145 Å². The van der Waals surface area contributed by atoms with Gasteiger partial charge in [0.15, 0.2) is 11.5 Å². The Morgan fingerprint density at radius 1 is 1.24 bits per heavy atom. The van der Waals surface area contributed by atoms with Crippen LogP contribution in [0.4, 0.5) is 5.82 Å². The number of aryl methyl sites for hydroxylation is 1. The predicted molar refractivity (Wildman–Crippen MR) is 93.1 cm³/mol. The molecule has 7 heteroatoms. The molecule has 3 aromatic heterocycles. The minimum atomic E-state index is 0.491. The summed E-state index contributed by atoms with van der Waals surface area (Å²) in [5.74, 6) is 3.44. The van der Waals surface area contributed by atoms with Gasteiger partial charge in [-0.15, -0.1) is 0 Å². The standard InChI is InChI=1S/C18H21N5O2/c1-12-21-16(17-3-2-8-24-17)10-18(22-12)20-11-14-9-15(23-25-14)13-4-6-19-7-5-13/h2-3,8-10,13,19H,4-7,11H2,1H3,(H,20,21,22). The van der Waals surface area contributed by atoms with Crippen molar-refractivity contribution in [3.8, 4) is 11.5 Å². The average Bonchev–Trinajstić information content (AvgIpc) is 3.32. The van der Waals surface area contributed by atoms with E-state index in [2.05, 4.69) is 25.8 Å². The van der Waals surface area contributed by atoms with Crippen LogP contribution in [0.5, 0.6) is 0 Å². The topological polar surface area (TPSA) is 89.0 Å². The van der Waals surface area contributed by atoms with Gasteiger partial charge in [-0.3, -0.25) is 0 Å². The molecule has 0 saturated carbocycles. The molecule has 1 fully saturated rings. The Morgan fingerprint density at radius 3 is 2.92 bits per heavy atom. The van der Waals surface area contributed by atoms with Crippen LogP contribution in [0.25, 0.3) is 11.5 Å². The van der Waals surface area contributed by atoms with Gasteiger partial charge in [-0.2, -0.15) is 0 Å². The molecule has 0 unspecified atom stereocenters. The number of aromatic nitrogens is 3. The maximum absolute atomic E-state index is 5.48. The van der Waals surface area contributed by atoms with Gasteiger partial charge in [0.1, 0.15) is 17.3 Å². The first-order valence-electron chi connectivity index (χ1n) is 8.57. The van der Waals surface area contributed by atoms with Crippen molar-refractivity contribution >= 4 is 5.82 Å². The second-order valence-electron chi connectivity index (χ2n) is 6.26. The van der Waals surface area contributed by atoms with Crippen molar-refractivity contribution in [2.24, 2.45) is 0 Å². The molecule has 0 aromatic carbocycles. The van der Waals surface area contributed by atoms with Gasteiger partial charge < -0.3 is 19.6 Å². The lowest BCUT2D eigenvalue weighted by Gasteiger charge is -2.19. The first-order valence-corrected chi connectivity index (χ1v) is 8.57. The van der Waals surface area contributed by atoms with Gasteiger partial charge in [-0.1, -0.05) is 5.16 Å². The minimum Gasteiger partial charge on any atom is -0.463 e. The van der Waals surface area contributed by atoms with Crippen molar-refractivity contribution < 1.29 is 8.94 Å². The van der Waals surface area contributed by atoms with Gasteiger partial charge >= 0.3 is 0 Å². The molecule has 0 aliphatic carbocycles. The van der Waals surface area contributed by atoms with Crippen LogP contribution in [0.15, 0.2) is 39.5 Å².